The molecule has 1 saturated carbocycles. The number of hydrogen-bond acceptors (Lipinski definition) is 9. The van der Waals surface area contributed by atoms with Crippen LogP contribution in [0.5, 0.6) is 0 Å². The molecule has 6 rings (SSSR count). The van der Waals surface area contributed by atoms with Gasteiger partial charge in [-0.25, -0.2) is 15.0 Å². The Kier molecular flexibility index (Phi) is 10.4. The SMILES string of the molecule is CC(=O)c1nn(CC(=O)N2C3C[C@]3(C)C[C@H]2C(=O)Nc2nc(Br)ccc2CN(CCC(F)(F)F)CCC(F)(F)F)c2cnc(-c3cnc(C)nc3)cc12. The summed E-state index contributed by atoms with van der Waals surface area (Å²) in [5.41, 5.74) is 1.52. The van der Waals surface area contributed by atoms with E-state index in [1.807, 2.05) is 6.92 Å². The van der Waals surface area contributed by atoms with Crippen molar-refractivity contribution in [2.45, 2.75) is 84.0 Å². The molecule has 0 bridgehead atoms. The third-order valence-corrected chi connectivity index (χ3v) is 10.0. The minimum atomic E-state index is -4.59. The molecule has 19 heteroatoms. The zero-order chi connectivity index (χ0) is 38.5. The van der Waals surface area contributed by atoms with Crippen LogP contribution in [0.3, 0.4) is 0 Å². The lowest BCUT2D eigenvalue weighted by atomic mass is 10.0. The highest BCUT2D eigenvalue weighted by molar-refractivity contribution is 9.10. The van der Waals surface area contributed by atoms with Gasteiger partial charge < -0.3 is 10.2 Å². The Balaban J connectivity index is 1.23. The molecule has 1 aliphatic carbocycles. The lowest BCUT2D eigenvalue weighted by Gasteiger charge is -2.28. The van der Waals surface area contributed by atoms with E-state index in [1.165, 1.54) is 34.8 Å². The topological polar surface area (TPSA) is 139 Å². The number of piperidine rings is 1. The number of amides is 2. The first-order valence-corrected chi connectivity index (χ1v) is 17.4. The van der Waals surface area contributed by atoms with Gasteiger partial charge in [-0.2, -0.15) is 31.4 Å². The molecule has 5 heterocycles. The number of pyridine rings is 2. The summed E-state index contributed by atoms with van der Waals surface area (Å²) in [4.78, 5) is 60.2. The normalized spacial score (nSPS) is 19.9. The van der Waals surface area contributed by atoms with Gasteiger partial charge in [0.05, 0.1) is 30.2 Å². The van der Waals surface area contributed by atoms with Crippen LogP contribution in [0.4, 0.5) is 32.2 Å². The fraction of sp³-hybridized carbons (Fsp3) is 0.471. The summed E-state index contributed by atoms with van der Waals surface area (Å²) in [5.74, 6) is -0.876. The number of carbonyl (C=O) groups is 3. The van der Waals surface area contributed by atoms with Crippen LogP contribution in [0.15, 0.2) is 41.4 Å². The van der Waals surface area contributed by atoms with E-state index < -0.39 is 56.1 Å². The predicted octanol–water partition coefficient (Wildman–Crippen LogP) is 6.28. The van der Waals surface area contributed by atoms with Gasteiger partial charge in [-0.3, -0.25) is 28.9 Å². The first-order valence-electron chi connectivity index (χ1n) is 16.6. The lowest BCUT2D eigenvalue weighted by molar-refractivity contribution is -0.146. The quantitative estimate of drug-likeness (QED) is 0.0996. The molecule has 2 fully saturated rings. The number of rotatable bonds is 12. The summed E-state index contributed by atoms with van der Waals surface area (Å²) in [5, 5.41) is 7.60. The fourth-order valence-corrected chi connectivity index (χ4v) is 7.00. The van der Waals surface area contributed by atoms with E-state index in [1.54, 1.807) is 25.4 Å². The van der Waals surface area contributed by atoms with E-state index in [4.69, 9.17) is 0 Å². The molecule has 4 aromatic rings. The average molecular weight is 811 g/mol. The van der Waals surface area contributed by atoms with Crippen LogP contribution in [-0.2, 0) is 22.7 Å². The van der Waals surface area contributed by atoms with Gasteiger partial charge in [-0.05, 0) is 53.2 Å². The zero-order valence-electron chi connectivity index (χ0n) is 28.7. The zero-order valence-corrected chi connectivity index (χ0v) is 30.3. The van der Waals surface area contributed by atoms with Crippen molar-refractivity contribution in [3.05, 3.63) is 58.5 Å². The maximum atomic E-state index is 14.0. The van der Waals surface area contributed by atoms with Crippen LogP contribution in [0.1, 0.15) is 61.4 Å². The van der Waals surface area contributed by atoms with E-state index in [-0.39, 0.29) is 52.0 Å². The second-order valence-corrected chi connectivity index (χ2v) is 14.5. The van der Waals surface area contributed by atoms with Gasteiger partial charge in [0.25, 0.3) is 0 Å². The number of Topliss-reactive ketones (excluding diaryl/α,β-unsaturated/α-hetero) is 1. The third kappa shape index (κ3) is 8.83. The van der Waals surface area contributed by atoms with Crippen LogP contribution in [0, 0.1) is 12.3 Å². The number of nitrogens with one attached hydrogen (secondary N) is 1. The Morgan fingerprint density at radius 2 is 1.66 bits per heavy atom. The first-order chi connectivity index (χ1) is 24.8. The van der Waals surface area contributed by atoms with Gasteiger partial charge >= 0.3 is 12.4 Å². The van der Waals surface area contributed by atoms with E-state index in [0.29, 0.717) is 40.8 Å². The molecular weight excluding hydrogens is 776 g/mol. The molecule has 4 aromatic heterocycles. The van der Waals surface area contributed by atoms with E-state index in [2.05, 4.69) is 46.3 Å². The molecule has 1 saturated heterocycles. The number of ketones is 1. The third-order valence-electron chi connectivity index (χ3n) is 9.56. The molecule has 1 unspecified atom stereocenters. The smallest absolute Gasteiger partial charge is 0.325 e. The first kappa shape index (κ1) is 38.2. The molecule has 1 N–H and O–H groups in total. The molecule has 0 aromatic carbocycles. The molecule has 53 heavy (non-hydrogen) atoms. The number of hydrogen-bond donors (Lipinski definition) is 1. The Labute approximate surface area is 307 Å². The highest BCUT2D eigenvalue weighted by Gasteiger charge is 2.64. The molecule has 0 radical (unpaired) electrons. The monoisotopic (exact) mass is 809 g/mol. The summed E-state index contributed by atoms with van der Waals surface area (Å²) in [6.07, 6.45) is -6.16. The van der Waals surface area contributed by atoms with Crippen LogP contribution in [-0.4, -0.2) is 94.6 Å². The van der Waals surface area contributed by atoms with Gasteiger partial charge in [0.15, 0.2) is 5.78 Å². The van der Waals surface area contributed by atoms with Crippen LogP contribution < -0.4 is 5.32 Å². The number of aryl methyl sites for hydroxylation is 1. The molecule has 3 atom stereocenters. The van der Waals surface area contributed by atoms with Crippen molar-refractivity contribution >= 4 is 50.2 Å². The Morgan fingerprint density at radius 1 is 1.00 bits per heavy atom. The summed E-state index contributed by atoms with van der Waals surface area (Å²) < 4.78 is 79.8. The van der Waals surface area contributed by atoms with Gasteiger partial charge in [-0.15, -0.1) is 0 Å². The minimum absolute atomic E-state index is 0.0588. The number of anilines is 1. The number of fused-ring (bicyclic) bond motifs is 2. The molecule has 0 spiro atoms. The number of halogens is 7. The number of carbonyl (C=O) groups excluding carboxylic acids is 3. The van der Waals surface area contributed by atoms with Crippen molar-refractivity contribution in [1.82, 2.24) is 39.5 Å². The van der Waals surface area contributed by atoms with E-state index >= 15 is 0 Å². The van der Waals surface area contributed by atoms with Gasteiger partial charge in [0.1, 0.15) is 34.5 Å². The Morgan fingerprint density at radius 3 is 2.28 bits per heavy atom. The Hall–Kier alpha value is -4.52. The number of aromatic nitrogens is 6. The van der Waals surface area contributed by atoms with Crippen molar-refractivity contribution in [2.24, 2.45) is 5.41 Å². The molecule has 282 valence electrons. The number of nitrogens with zero attached hydrogens (tertiary/aromatic N) is 8. The van der Waals surface area contributed by atoms with Crippen LogP contribution in [0.25, 0.3) is 22.2 Å². The molecule has 1 aliphatic heterocycles. The largest absolute Gasteiger partial charge is 0.390 e. The lowest BCUT2D eigenvalue weighted by Crippen LogP contribution is -2.47. The van der Waals surface area contributed by atoms with Gasteiger partial charge in [0.2, 0.25) is 11.8 Å². The summed E-state index contributed by atoms with van der Waals surface area (Å²) in [6, 6.07) is 3.37. The molecule has 12 nitrogen and oxygen atoms in total. The van der Waals surface area contributed by atoms with Gasteiger partial charge in [-0.1, -0.05) is 13.0 Å². The van der Waals surface area contributed by atoms with E-state index in [0.717, 1.165) is 4.90 Å². The summed E-state index contributed by atoms with van der Waals surface area (Å²) >= 11 is 3.22. The summed E-state index contributed by atoms with van der Waals surface area (Å²) in [6.45, 7) is 2.99. The second-order valence-electron chi connectivity index (χ2n) is 13.7. The van der Waals surface area contributed by atoms with Crippen LogP contribution in [0.2, 0.25) is 0 Å². The molecular formula is C34H34BrF6N9O3. The highest BCUT2D eigenvalue weighted by Crippen LogP contribution is 2.59. The maximum absolute atomic E-state index is 14.0. The Bertz CT molecular complexity index is 2040. The van der Waals surface area contributed by atoms with Crippen LogP contribution >= 0.6 is 15.9 Å². The molecule has 2 aliphatic rings. The fourth-order valence-electron chi connectivity index (χ4n) is 6.69. The van der Waals surface area contributed by atoms with E-state index in [9.17, 15) is 40.7 Å². The second kappa shape index (κ2) is 14.4. The van der Waals surface area contributed by atoms with Gasteiger partial charge in [0, 0.05) is 61.5 Å². The minimum Gasteiger partial charge on any atom is -0.325 e. The summed E-state index contributed by atoms with van der Waals surface area (Å²) in [7, 11) is 0. The van der Waals surface area contributed by atoms with Crippen molar-refractivity contribution in [3.63, 3.8) is 0 Å². The van der Waals surface area contributed by atoms with Crippen molar-refractivity contribution < 1.29 is 40.7 Å². The van der Waals surface area contributed by atoms with Crippen molar-refractivity contribution in [3.8, 4) is 11.3 Å². The molecule has 2 amide bonds. The number of likely N-dealkylation sites (tertiary alicyclic amines) is 1. The standard InChI is InChI=1S/C34H34BrF6N9O3/c1-18(51)29-22-10-23(21-13-42-19(2)43-14-21)44-15-25(22)49(47-29)17-28(52)50-24(11-32(3)12-26(32)50)31(53)46-30-20(4-5-27(35)45-30)16-48(8-6-33(36,37)38)9-7-34(39,40)41/h4-5,10,13-15,24,26H,6-9,11-12,16-17H2,1-3H3,(H,45,46,53)/t24-,26?,32-/m0/s1. The van der Waals surface area contributed by atoms with Crippen molar-refractivity contribution in [2.75, 3.05) is 18.4 Å². The predicted molar refractivity (Wildman–Crippen MR) is 182 cm³/mol. The average Bonchev–Trinajstić information content (AvgIpc) is 3.43. The highest BCUT2D eigenvalue weighted by atomic mass is 79.9. The van der Waals surface area contributed by atoms with Crippen molar-refractivity contribution in [1.29, 1.82) is 0 Å². The maximum Gasteiger partial charge on any atom is 0.390 e. The number of alkyl halides is 6.